The molecule has 1 heterocycles. The Morgan fingerprint density at radius 2 is 2.05 bits per heavy atom. The second-order valence-corrected chi connectivity index (χ2v) is 5.69. The Morgan fingerprint density at radius 3 is 2.79 bits per heavy atom. The zero-order valence-corrected chi connectivity index (χ0v) is 12.2. The number of rotatable bonds is 7. The standard InChI is InChI=1S/C16H21NOS/c1-2-14(17)12-13-6-3-4-8-16(13)18-10-9-15-7-5-11-19-15/h3-8,11,14H,2,9-10,12,17H2,1H3. The molecule has 0 aliphatic carbocycles. The molecule has 2 rings (SSSR count). The minimum atomic E-state index is 0.210. The van der Waals surface area contributed by atoms with Crippen LogP contribution in [0.5, 0.6) is 5.75 Å². The third-order valence-corrected chi connectivity index (χ3v) is 4.10. The highest BCUT2D eigenvalue weighted by Crippen LogP contribution is 2.20. The normalized spacial score (nSPS) is 12.3. The first-order valence-corrected chi connectivity index (χ1v) is 7.66. The Kier molecular flexibility index (Phi) is 5.43. The lowest BCUT2D eigenvalue weighted by molar-refractivity contribution is 0.318. The van der Waals surface area contributed by atoms with Crippen molar-refractivity contribution in [2.75, 3.05) is 6.61 Å². The maximum atomic E-state index is 6.03. The molecular formula is C16H21NOS. The minimum Gasteiger partial charge on any atom is -0.493 e. The van der Waals surface area contributed by atoms with Gasteiger partial charge in [0.25, 0.3) is 0 Å². The molecule has 102 valence electrons. The second-order valence-electron chi connectivity index (χ2n) is 4.66. The van der Waals surface area contributed by atoms with E-state index in [1.54, 1.807) is 11.3 Å². The Balaban J connectivity index is 1.91. The van der Waals surface area contributed by atoms with Crippen molar-refractivity contribution >= 4 is 11.3 Å². The summed E-state index contributed by atoms with van der Waals surface area (Å²) in [6, 6.07) is 12.6. The summed E-state index contributed by atoms with van der Waals surface area (Å²) in [5.41, 5.74) is 7.24. The van der Waals surface area contributed by atoms with E-state index in [0.29, 0.717) is 0 Å². The van der Waals surface area contributed by atoms with Crippen LogP contribution in [0.15, 0.2) is 41.8 Å². The van der Waals surface area contributed by atoms with Crippen LogP contribution in [0.2, 0.25) is 0 Å². The van der Waals surface area contributed by atoms with Gasteiger partial charge in [0.1, 0.15) is 5.75 Å². The van der Waals surface area contributed by atoms with Crippen molar-refractivity contribution in [3.8, 4) is 5.75 Å². The highest BCUT2D eigenvalue weighted by Gasteiger charge is 2.07. The van der Waals surface area contributed by atoms with E-state index in [2.05, 4.69) is 30.5 Å². The lowest BCUT2D eigenvalue weighted by Crippen LogP contribution is -2.21. The largest absolute Gasteiger partial charge is 0.493 e. The number of nitrogens with two attached hydrogens (primary N) is 1. The number of benzene rings is 1. The number of hydrogen-bond acceptors (Lipinski definition) is 3. The number of hydrogen-bond donors (Lipinski definition) is 1. The van der Waals surface area contributed by atoms with E-state index in [4.69, 9.17) is 10.5 Å². The lowest BCUT2D eigenvalue weighted by Gasteiger charge is -2.14. The van der Waals surface area contributed by atoms with Crippen LogP contribution in [0.4, 0.5) is 0 Å². The van der Waals surface area contributed by atoms with Crippen LogP contribution < -0.4 is 10.5 Å². The summed E-state index contributed by atoms with van der Waals surface area (Å²) in [6.07, 6.45) is 2.83. The molecule has 1 atom stereocenters. The van der Waals surface area contributed by atoms with E-state index < -0.39 is 0 Å². The first-order chi connectivity index (χ1) is 9.29. The van der Waals surface area contributed by atoms with E-state index in [1.807, 2.05) is 18.2 Å². The van der Waals surface area contributed by atoms with Crippen molar-refractivity contribution in [2.45, 2.75) is 32.2 Å². The molecule has 0 aliphatic heterocycles. The Hall–Kier alpha value is -1.32. The van der Waals surface area contributed by atoms with Crippen LogP contribution in [0.25, 0.3) is 0 Å². The van der Waals surface area contributed by atoms with Crippen molar-refractivity contribution < 1.29 is 4.74 Å². The van der Waals surface area contributed by atoms with Crippen LogP contribution in [0, 0.1) is 0 Å². The monoisotopic (exact) mass is 275 g/mol. The van der Waals surface area contributed by atoms with Gasteiger partial charge in [-0.25, -0.2) is 0 Å². The number of thiophene rings is 1. The predicted octanol–water partition coefficient (Wildman–Crippen LogP) is 3.65. The molecule has 0 saturated heterocycles. The molecule has 0 amide bonds. The summed E-state index contributed by atoms with van der Waals surface area (Å²) in [5.74, 6) is 0.975. The van der Waals surface area contributed by atoms with Gasteiger partial charge >= 0.3 is 0 Å². The van der Waals surface area contributed by atoms with E-state index in [0.717, 1.165) is 31.6 Å². The number of para-hydroxylation sites is 1. The fourth-order valence-electron chi connectivity index (χ4n) is 1.96. The van der Waals surface area contributed by atoms with Crippen LogP contribution in [-0.4, -0.2) is 12.6 Å². The third kappa shape index (κ3) is 4.37. The lowest BCUT2D eigenvalue weighted by atomic mass is 10.0. The molecule has 3 heteroatoms. The molecule has 19 heavy (non-hydrogen) atoms. The van der Waals surface area contributed by atoms with E-state index in [9.17, 15) is 0 Å². The van der Waals surface area contributed by atoms with Crippen molar-refractivity contribution in [1.82, 2.24) is 0 Å². The average Bonchev–Trinajstić information content (AvgIpc) is 2.94. The van der Waals surface area contributed by atoms with Crippen LogP contribution in [-0.2, 0) is 12.8 Å². The van der Waals surface area contributed by atoms with Gasteiger partial charge in [0.05, 0.1) is 6.61 Å². The van der Waals surface area contributed by atoms with Crippen molar-refractivity contribution in [3.63, 3.8) is 0 Å². The van der Waals surface area contributed by atoms with Gasteiger partial charge < -0.3 is 10.5 Å². The molecule has 1 aromatic carbocycles. The first kappa shape index (κ1) is 14.1. The van der Waals surface area contributed by atoms with Gasteiger partial charge in [-0.1, -0.05) is 31.2 Å². The second kappa shape index (κ2) is 7.31. The van der Waals surface area contributed by atoms with Gasteiger partial charge in [0.2, 0.25) is 0 Å². The SMILES string of the molecule is CCC(N)Cc1ccccc1OCCc1cccs1. The molecule has 1 aromatic heterocycles. The van der Waals surface area contributed by atoms with E-state index in [-0.39, 0.29) is 6.04 Å². The fourth-order valence-corrected chi connectivity index (χ4v) is 2.65. The van der Waals surface area contributed by atoms with Crippen LogP contribution >= 0.6 is 11.3 Å². The summed E-state index contributed by atoms with van der Waals surface area (Å²) in [5, 5.41) is 2.10. The first-order valence-electron chi connectivity index (χ1n) is 6.78. The summed E-state index contributed by atoms with van der Waals surface area (Å²) < 4.78 is 5.91. The van der Waals surface area contributed by atoms with Crippen molar-refractivity contribution in [2.24, 2.45) is 5.73 Å². The van der Waals surface area contributed by atoms with Gasteiger partial charge in [-0.3, -0.25) is 0 Å². The van der Waals surface area contributed by atoms with Gasteiger partial charge in [-0.05, 0) is 35.9 Å². The highest BCUT2D eigenvalue weighted by atomic mass is 32.1. The van der Waals surface area contributed by atoms with Gasteiger partial charge in [0.15, 0.2) is 0 Å². The van der Waals surface area contributed by atoms with Crippen molar-refractivity contribution in [1.29, 1.82) is 0 Å². The Morgan fingerprint density at radius 1 is 1.21 bits per heavy atom. The molecule has 2 N–H and O–H groups in total. The fraction of sp³-hybridized carbons (Fsp3) is 0.375. The smallest absolute Gasteiger partial charge is 0.122 e. The molecule has 0 spiro atoms. The quantitative estimate of drug-likeness (QED) is 0.837. The highest BCUT2D eigenvalue weighted by molar-refractivity contribution is 7.09. The molecule has 0 aliphatic rings. The molecular weight excluding hydrogens is 254 g/mol. The molecule has 0 bridgehead atoms. The Labute approximate surface area is 119 Å². The summed E-state index contributed by atoms with van der Waals surface area (Å²) in [7, 11) is 0. The summed E-state index contributed by atoms with van der Waals surface area (Å²) in [6.45, 7) is 2.84. The summed E-state index contributed by atoms with van der Waals surface area (Å²) in [4.78, 5) is 1.36. The molecule has 1 unspecified atom stereocenters. The van der Waals surface area contributed by atoms with E-state index in [1.165, 1.54) is 10.4 Å². The maximum Gasteiger partial charge on any atom is 0.122 e. The number of ether oxygens (including phenoxy) is 1. The molecule has 2 nitrogen and oxygen atoms in total. The third-order valence-electron chi connectivity index (χ3n) is 3.17. The topological polar surface area (TPSA) is 35.2 Å². The molecule has 0 saturated carbocycles. The molecule has 0 radical (unpaired) electrons. The minimum absolute atomic E-state index is 0.210. The van der Waals surface area contributed by atoms with Gasteiger partial charge in [-0.15, -0.1) is 11.3 Å². The molecule has 0 fully saturated rings. The predicted molar refractivity (Wildman–Crippen MR) is 81.9 cm³/mol. The molecule has 2 aromatic rings. The average molecular weight is 275 g/mol. The van der Waals surface area contributed by atoms with Crippen LogP contribution in [0.3, 0.4) is 0 Å². The maximum absolute atomic E-state index is 6.03. The van der Waals surface area contributed by atoms with Gasteiger partial charge in [-0.2, -0.15) is 0 Å². The van der Waals surface area contributed by atoms with E-state index >= 15 is 0 Å². The van der Waals surface area contributed by atoms with Crippen LogP contribution in [0.1, 0.15) is 23.8 Å². The zero-order valence-electron chi connectivity index (χ0n) is 11.3. The summed E-state index contributed by atoms with van der Waals surface area (Å²) >= 11 is 1.78. The zero-order chi connectivity index (χ0) is 13.5. The van der Waals surface area contributed by atoms with Gasteiger partial charge in [0, 0.05) is 17.3 Å². The van der Waals surface area contributed by atoms with Crippen molar-refractivity contribution in [3.05, 3.63) is 52.2 Å². The Bertz CT molecular complexity index is 481.